The molecule has 4 aromatic rings. The van der Waals surface area contributed by atoms with Gasteiger partial charge < -0.3 is 14.7 Å². The van der Waals surface area contributed by atoms with Crippen LogP contribution in [0.2, 0.25) is 0 Å². The number of nitrogens with one attached hydrogen (secondary N) is 1. The van der Waals surface area contributed by atoms with Gasteiger partial charge >= 0.3 is 0 Å². The first-order chi connectivity index (χ1) is 28.2. The average Bonchev–Trinajstić information content (AvgIpc) is 3.49. The second kappa shape index (κ2) is 17.5. The molecule has 58 heavy (non-hydrogen) atoms. The minimum absolute atomic E-state index is 0.110. The summed E-state index contributed by atoms with van der Waals surface area (Å²) in [5.41, 5.74) is 7.55. The number of piperidine rings is 3. The lowest BCUT2D eigenvalue weighted by molar-refractivity contribution is -0.136. The number of rotatable bonds is 12. The number of imide groups is 2. The van der Waals surface area contributed by atoms with Crippen LogP contribution in [0.25, 0.3) is 11.1 Å². The predicted octanol–water partition coefficient (Wildman–Crippen LogP) is 7.13. The molecular weight excluding hydrogens is 729 g/mol. The highest BCUT2D eigenvalue weighted by Gasteiger charge is 2.45. The van der Waals surface area contributed by atoms with Gasteiger partial charge in [0, 0.05) is 19.5 Å². The van der Waals surface area contributed by atoms with E-state index < -0.39 is 23.8 Å². The Labute approximate surface area is 340 Å². The van der Waals surface area contributed by atoms with Gasteiger partial charge in [-0.1, -0.05) is 67.6 Å². The Hall–Kier alpha value is -5.58. The zero-order valence-electron chi connectivity index (χ0n) is 33.2. The van der Waals surface area contributed by atoms with Crippen LogP contribution >= 0.6 is 0 Å². The molecule has 0 bridgehead atoms. The minimum Gasteiger partial charge on any atom is -0.508 e. The molecule has 4 aliphatic rings. The maximum absolute atomic E-state index is 13.3. The fraction of sp³-hybridized carbons (Fsp3) is 0.375. The van der Waals surface area contributed by atoms with Gasteiger partial charge in [-0.3, -0.25) is 34.3 Å². The summed E-state index contributed by atoms with van der Waals surface area (Å²) in [6, 6.07) is 30.9. The van der Waals surface area contributed by atoms with E-state index in [2.05, 4.69) is 70.6 Å². The molecule has 3 saturated heterocycles. The molecule has 1 unspecified atom stereocenters. The van der Waals surface area contributed by atoms with E-state index >= 15 is 0 Å². The Kier molecular flexibility index (Phi) is 11.8. The van der Waals surface area contributed by atoms with Gasteiger partial charge in [-0.15, -0.1) is 0 Å². The van der Waals surface area contributed by atoms with Gasteiger partial charge in [0.25, 0.3) is 11.8 Å². The van der Waals surface area contributed by atoms with Gasteiger partial charge in [0.15, 0.2) is 0 Å². The van der Waals surface area contributed by atoms with Crippen LogP contribution in [0, 0.1) is 5.92 Å². The van der Waals surface area contributed by atoms with E-state index in [9.17, 15) is 24.3 Å². The van der Waals surface area contributed by atoms with Crippen molar-refractivity contribution in [3.05, 3.63) is 130 Å². The Morgan fingerprint density at radius 2 is 1.38 bits per heavy atom. The predicted molar refractivity (Wildman–Crippen MR) is 223 cm³/mol. The minimum atomic E-state index is -0.947. The van der Waals surface area contributed by atoms with E-state index in [1.165, 1.54) is 24.0 Å². The summed E-state index contributed by atoms with van der Waals surface area (Å²) in [5.74, 6) is 0.230. The number of amides is 4. The van der Waals surface area contributed by atoms with Gasteiger partial charge in [-0.05, 0) is 146 Å². The van der Waals surface area contributed by atoms with E-state index in [4.69, 9.17) is 4.74 Å². The number of allylic oxidation sites excluding steroid dienone is 1. The molecule has 2 N–H and O–H groups in total. The molecule has 1 atom stereocenters. The summed E-state index contributed by atoms with van der Waals surface area (Å²) in [7, 11) is 0. The molecule has 4 aliphatic heterocycles. The quantitative estimate of drug-likeness (QED) is 0.115. The maximum Gasteiger partial charge on any atom is 0.262 e. The number of fused-ring (bicyclic) bond motifs is 1. The molecule has 0 saturated carbocycles. The monoisotopic (exact) mass is 780 g/mol. The van der Waals surface area contributed by atoms with Gasteiger partial charge in [0.05, 0.1) is 11.1 Å². The summed E-state index contributed by atoms with van der Waals surface area (Å²) in [5, 5.41) is 12.2. The number of nitrogens with zero attached hydrogens (tertiary/aromatic N) is 3. The molecule has 4 amide bonds. The van der Waals surface area contributed by atoms with Crippen LogP contribution in [0.1, 0.15) is 101 Å². The highest BCUT2D eigenvalue weighted by molar-refractivity contribution is 6.23. The standard InChI is InChI=1S/C48H52N4O6/c1-2-40(34-6-4-3-5-7-34)45(35-8-13-38(53)14-9-35)36-10-15-39(16-11-36)58-29-28-50-24-20-32(21-25-50)31-51-26-22-33(23-27-51)37-12-17-41-42(30-37)48(57)52(47(41)56)43-18-19-44(54)49-46(43)55/h3-17,30,32-33,43,53H,2,18-29,31H2,1H3,(H,49,54,55). The number of hydrogen-bond acceptors (Lipinski definition) is 8. The van der Waals surface area contributed by atoms with Crippen molar-refractivity contribution < 1.29 is 29.0 Å². The summed E-state index contributed by atoms with van der Waals surface area (Å²) < 4.78 is 6.24. The van der Waals surface area contributed by atoms with E-state index in [1.807, 2.05) is 30.3 Å². The summed E-state index contributed by atoms with van der Waals surface area (Å²) in [6.07, 6.45) is 5.48. The zero-order chi connectivity index (χ0) is 40.2. The van der Waals surface area contributed by atoms with Gasteiger partial charge in [0.1, 0.15) is 24.1 Å². The normalized spacial score (nSPS) is 20.2. The second-order valence-electron chi connectivity index (χ2n) is 16.1. The number of carbonyl (C=O) groups is 4. The summed E-state index contributed by atoms with van der Waals surface area (Å²) >= 11 is 0. The Balaban J connectivity index is 0.787. The Morgan fingerprint density at radius 1 is 0.724 bits per heavy atom. The molecule has 0 aliphatic carbocycles. The summed E-state index contributed by atoms with van der Waals surface area (Å²) in [4.78, 5) is 56.7. The molecule has 8 rings (SSSR count). The van der Waals surface area contributed by atoms with Crippen molar-refractivity contribution in [1.82, 2.24) is 20.0 Å². The number of ether oxygens (including phenoxy) is 1. The second-order valence-corrected chi connectivity index (χ2v) is 16.1. The van der Waals surface area contributed by atoms with Crippen molar-refractivity contribution >= 4 is 34.8 Å². The van der Waals surface area contributed by atoms with Crippen molar-refractivity contribution in [3.8, 4) is 11.5 Å². The molecule has 3 fully saturated rings. The third-order valence-corrected chi connectivity index (χ3v) is 12.5. The van der Waals surface area contributed by atoms with Crippen LogP contribution in [0.3, 0.4) is 0 Å². The van der Waals surface area contributed by atoms with Crippen LogP contribution in [0.15, 0.2) is 97.1 Å². The van der Waals surface area contributed by atoms with Crippen molar-refractivity contribution in [2.75, 3.05) is 45.9 Å². The van der Waals surface area contributed by atoms with Gasteiger partial charge in [-0.2, -0.15) is 0 Å². The first-order valence-electron chi connectivity index (χ1n) is 20.9. The average molecular weight is 781 g/mol. The molecule has 0 aromatic heterocycles. The smallest absolute Gasteiger partial charge is 0.262 e. The number of likely N-dealkylation sites (tertiary alicyclic amines) is 2. The molecular formula is C48H52N4O6. The Morgan fingerprint density at radius 3 is 2.05 bits per heavy atom. The molecule has 0 radical (unpaired) electrons. The molecule has 10 nitrogen and oxygen atoms in total. The lowest BCUT2D eigenvalue weighted by atomic mass is 9.87. The molecule has 300 valence electrons. The van der Waals surface area contributed by atoms with Gasteiger partial charge in [-0.25, -0.2) is 0 Å². The topological polar surface area (TPSA) is 119 Å². The van der Waals surface area contributed by atoms with Crippen molar-refractivity contribution in [2.24, 2.45) is 5.92 Å². The zero-order valence-corrected chi connectivity index (χ0v) is 33.2. The maximum atomic E-state index is 13.3. The van der Waals surface area contributed by atoms with Crippen molar-refractivity contribution in [3.63, 3.8) is 0 Å². The number of carbonyl (C=O) groups excluding carboxylic acids is 4. The number of hydrogen-bond donors (Lipinski definition) is 2. The fourth-order valence-electron chi connectivity index (χ4n) is 9.27. The Bertz CT molecular complexity index is 2170. The summed E-state index contributed by atoms with van der Waals surface area (Å²) in [6.45, 7) is 8.97. The molecule has 10 heteroatoms. The van der Waals surface area contributed by atoms with Crippen molar-refractivity contribution in [2.45, 2.75) is 63.8 Å². The highest BCUT2D eigenvalue weighted by atomic mass is 16.5. The number of phenols is 1. The highest BCUT2D eigenvalue weighted by Crippen LogP contribution is 2.37. The molecule has 4 heterocycles. The van der Waals surface area contributed by atoms with Crippen LogP contribution in [0.4, 0.5) is 0 Å². The number of phenolic OH excluding ortho intramolecular Hbond substituents is 1. The van der Waals surface area contributed by atoms with E-state index in [-0.39, 0.29) is 24.5 Å². The molecule has 0 spiro atoms. The van der Waals surface area contributed by atoms with Crippen LogP contribution < -0.4 is 10.1 Å². The van der Waals surface area contributed by atoms with E-state index in [0.29, 0.717) is 29.6 Å². The van der Waals surface area contributed by atoms with Crippen LogP contribution in [0.5, 0.6) is 11.5 Å². The van der Waals surface area contributed by atoms with E-state index in [0.717, 1.165) is 91.4 Å². The number of aromatic hydroxyl groups is 1. The SMILES string of the molecule is CCC(=C(c1ccc(O)cc1)c1ccc(OCCN2CCC(CN3CCC(c4ccc5c(c4)C(=O)N(C4CCC(=O)NC4=O)C5=O)CC3)CC2)cc1)c1ccccc1. The van der Waals surface area contributed by atoms with Crippen LogP contribution in [-0.2, 0) is 9.59 Å². The first-order valence-corrected chi connectivity index (χ1v) is 20.9. The van der Waals surface area contributed by atoms with Gasteiger partial charge in [0.2, 0.25) is 11.8 Å². The lowest BCUT2D eigenvalue weighted by Gasteiger charge is -2.37. The van der Waals surface area contributed by atoms with Crippen LogP contribution in [-0.4, -0.2) is 95.4 Å². The van der Waals surface area contributed by atoms with E-state index in [1.54, 1.807) is 18.2 Å². The fourth-order valence-corrected chi connectivity index (χ4v) is 9.27. The third kappa shape index (κ3) is 8.49. The lowest BCUT2D eigenvalue weighted by Crippen LogP contribution is -2.54. The third-order valence-electron chi connectivity index (χ3n) is 12.5. The van der Waals surface area contributed by atoms with Crippen molar-refractivity contribution in [1.29, 1.82) is 0 Å². The first kappa shape index (κ1) is 39.3. The number of benzene rings is 4. The largest absolute Gasteiger partial charge is 0.508 e. The molecule has 4 aromatic carbocycles.